The highest BCUT2D eigenvalue weighted by atomic mass is 32.1. The second kappa shape index (κ2) is 6.76. The first-order valence-electron chi connectivity index (χ1n) is 8.83. The molecule has 2 heterocycles. The molecule has 2 atom stereocenters. The Hall–Kier alpha value is -2.34. The van der Waals surface area contributed by atoms with Gasteiger partial charge in [-0.1, -0.05) is 30.3 Å². The Labute approximate surface area is 156 Å². The number of hydrogen-bond acceptors (Lipinski definition) is 4. The molecule has 2 aromatic rings. The summed E-state index contributed by atoms with van der Waals surface area (Å²) in [6.07, 6.45) is 2.16. The molecule has 2 fully saturated rings. The van der Waals surface area contributed by atoms with Crippen molar-refractivity contribution in [2.45, 2.75) is 12.8 Å². The van der Waals surface area contributed by atoms with E-state index in [1.54, 1.807) is 12.0 Å². The number of thiophene rings is 1. The summed E-state index contributed by atoms with van der Waals surface area (Å²) in [4.78, 5) is 27.9. The lowest BCUT2D eigenvalue weighted by molar-refractivity contribution is -0.142. The molecule has 1 amide bonds. The number of amides is 1. The van der Waals surface area contributed by atoms with E-state index in [0.717, 1.165) is 23.3 Å². The van der Waals surface area contributed by atoms with Gasteiger partial charge < -0.3 is 14.7 Å². The summed E-state index contributed by atoms with van der Waals surface area (Å²) in [6.45, 7) is 0.819. The van der Waals surface area contributed by atoms with Crippen molar-refractivity contribution in [3.05, 3.63) is 41.3 Å². The van der Waals surface area contributed by atoms with Crippen LogP contribution in [0.25, 0.3) is 10.4 Å². The van der Waals surface area contributed by atoms with E-state index in [4.69, 9.17) is 4.74 Å². The number of benzene rings is 1. The molecule has 0 spiro atoms. The van der Waals surface area contributed by atoms with Crippen molar-refractivity contribution in [2.75, 3.05) is 20.2 Å². The Bertz CT molecular complexity index is 828. The number of likely N-dealkylation sites (tertiary alicyclic amines) is 1. The molecule has 26 heavy (non-hydrogen) atoms. The molecule has 1 aliphatic carbocycles. The molecule has 1 aliphatic heterocycles. The van der Waals surface area contributed by atoms with Gasteiger partial charge in [0, 0.05) is 18.0 Å². The van der Waals surface area contributed by atoms with Gasteiger partial charge in [0.05, 0.1) is 13.0 Å². The molecule has 136 valence electrons. The van der Waals surface area contributed by atoms with Gasteiger partial charge in [-0.25, -0.2) is 0 Å². The van der Waals surface area contributed by atoms with E-state index in [1.165, 1.54) is 11.3 Å². The standard InChI is InChI=1S/C20H21NO4S/c1-25-16-9-17(13-5-3-2-4-6-13)26-18(16)19(22)21-10-14(12-7-8-12)15(11-21)20(23)24/h2-6,9,12,14-15H,7-8,10-11H2,1H3,(H,23,24)/t14-,15+/m1/s1. The van der Waals surface area contributed by atoms with E-state index in [-0.39, 0.29) is 18.4 Å². The van der Waals surface area contributed by atoms with Crippen molar-refractivity contribution < 1.29 is 19.4 Å². The van der Waals surface area contributed by atoms with Gasteiger partial charge in [-0.15, -0.1) is 11.3 Å². The van der Waals surface area contributed by atoms with E-state index in [1.807, 2.05) is 36.4 Å². The molecule has 0 bridgehead atoms. The highest BCUT2D eigenvalue weighted by Gasteiger charge is 2.47. The Kier molecular flexibility index (Phi) is 4.44. The van der Waals surface area contributed by atoms with E-state index in [0.29, 0.717) is 23.1 Å². The van der Waals surface area contributed by atoms with Crippen LogP contribution in [0.15, 0.2) is 36.4 Å². The lowest BCUT2D eigenvalue weighted by Gasteiger charge is -2.16. The topological polar surface area (TPSA) is 66.8 Å². The second-order valence-corrected chi connectivity index (χ2v) is 8.08. The third-order valence-electron chi connectivity index (χ3n) is 5.37. The maximum atomic E-state index is 13.1. The van der Waals surface area contributed by atoms with Gasteiger partial charge in [0.15, 0.2) is 0 Å². The molecule has 0 radical (unpaired) electrons. The molecular weight excluding hydrogens is 350 g/mol. The summed E-state index contributed by atoms with van der Waals surface area (Å²) in [5.74, 6) is -0.273. The van der Waals surface area contributed by atoms with Crippen LogP contribution in [-0.2, 0) is 4.79 Å². The molecule has 6 heteroatoms. The molecule has 4 rings (SSSR count). The van der Waals surface area contributed by atoms with E-state index in [2.05, 4.69) is 0 Å². The van der Waals surface area contributed by atoms with E-state index < -0.39 is 11.9 Å². The van der Waals surface area contributed by atoms with Gasteiger partial charge in [-0.2, -0.15) is 0 Å². The zero-order chi connectivity index (χ0) is 18.3. The monoisotopic (exact) mass is 371 g/mol. The van der Waals surface area contributed by atoms with Crippen LogP contribution in [-0.4, -0.2) is 42.1 Å². The molecule has 2 aliphatic rings. The molecule has 0 unspecified atom stereocenters. The van der Waals surface area contributed by atoms with Crippen molar-refractivity contribution in [1.82, 2.24) is 4.90 Å². The third-order valence-corrected chi connectivity index (χ3v) is 6.52. The van der Waals surface area contributed by atoms with Gasteiger partial charge in [-0.3, -0.25) is 9.59 Å². The number of carbonyl (C=O) groups is 2. The number of nitrogens with zero attached hydrogens (tertiary/aromatic N) is 1. The van der Waals surface area contributed by atoms with Crippen molar-refractivity contribution >= 4 is 23.2 Å². The number of carboxylic acid groups (broad SMARTS) is 1. The molecule has 1 saturated heterocycles. The number of ether oxygens (including phenoxy) is 1. The molecule has 1 saturated carbocycles. The quantitative estimate of drug-likeness (QED) is 0.872. The first-order chi connectivity index (χ1) is 12.6. The van der Waals surface area contributed by atoms with Crippen LogP contribution >= 0.6 is 11.3 Å². The minimum Gasteiger partial charge on any atom is -0.495 e. The summed E-state index contributed by atoms with van der Waals surface area (Å²) in [5.41, 5.74) is 1.04. The van der Waals surface area contributed by atoms with Gasteiger partial charge in [-0.05, 0) is 36.3 Å². The predicted molar refractivity (Wildman–Crippen MR) is 99.6 cm³/mol. The van der Waals surface area contributed by atoms with E-state index >= 15 is 0 Å². The first-order valence-corrected chi connectivity index (χ1v) is 9.65. The van der Waals surface area contributed by atoms with Crippen LogP contribution in [0, 0.1) is 17.8 Å². The fourth-order valence-corrected chi connectivity index (χ4v) is 4.92. The Balaban J connectivity index is 1.60. The predicted octanol–water partition coefficient (Wildman–Crippen LogP) is 3.61. The summed E-state index contributed by atoms with van der Waals surface area (Å²) in [6, 6.07) is 11.8. The van der Waals surface area contributed by atoms with Crippen molar-refractivity contribution in [3.63, 3.8) is 0 Å². The fourth-order valence-electron chi connectivity index (χ4n) is 3.82. The SMILES string of the molecule is COc1cc(-c2ccccc2)sc1C(=O)N1C[C@H](C(=O)O)[C@@H](C2CC2)C1. The smallest absolute Gasteiger partial charge is 0.308 e. The van der Waals surface area contributed by atoms with Crippen LogP contribution in [0.4, 0.5) is 0 Å². The molecule has 1 aromatic carbocycles. The average Bonchev–Trinajstić information content (AvgIpc) is 3.25. The van der Waals surface area contributed by atoms with Crippen LogP contribution in [0.3, 0.4) is 0 Å². The van der Waals surface area contributed by atoms with Crippen LogP contribution in [0.2, 0.25) is 0 Å². The number of hydrogen-bond donors (Lipinski definition) is 1. The number of rotatable bonds is 5. The molecule has 1 N–H and O–H groups in total. The number of carboxylic acids is 1. The molecule has 5 nitrogen and oxygen atoms in total. The van der Waals surface area contributed by atoms with E-state index in [9.17, 15) is 14.7 Å². The zero-order valence-corrected chi connectivity index (χ0v) is 15.4. The third kappa shape index (κ3) is 3.09. The van der Waals surface area contributed by atoms with Crippen molar-refractivity contribution in [2.24, 2.45) is 17.8 Å². The Morgan fingerprint density at radius 2 is 1.92 bits per heavy atom. The maximum absolute atomic E-state index is 13.1. The van der Waals surface area contributed by atoms with Crippen molar-refractivity contribution in [3.8, 4) is 16.2 Å². The van der Waals surface area contributed by atoms with Gasteiger partial charge in [0.2, 0.25) is 0 Å². The minimum atomic E-state index is -0.791. The van der Waals surface area contributed by atoms with Gasteiger partial charge in [0.1, 0.15) is 10.6 Å². The normalized spacial score (nSPS) is 22.4. The van der Waals surface area contributed by atoms with Gasteiger partial charge in [0.25, 0.3) is 5.91 Å². The largest absolute Gasteiger partial charge is 0.495 e. The van der Waals surface area contributed by atoms with Crippen LogP contribution in [0.1, 0.15) is 22.5 Å². The Morgan fingerprint density at radius 3 is 2.54 bits per heavy atom. The van der Waals surface area contributed by atoms with Crippen molar-refractivity contribution in [1.29, 1.82) is 0 Å². The Morgan fingerprint density at radius 1 is 1.19 bits per heavy atom. The highest BCUT2D eigenvalue weighted by Crippen LogP contribution is 2.45. The average molecular weight is 371 g/mol. The summed E-state index contributed by atoms with van der Waals surface area (Å²) >= 11 is 1.40. The maximum Gasteiger partial charge on any atom is 0.308 e. The van der Waals surface area contributed by atoms with Crippen LogP contribution < -0.4 is 4.74 Å². The lowest BCUT2D eigenvalue weighted by atomic mass is 9.92. The second-order valence-electron chi connectivity index (χ2n) is 7.03. The first kappa shape index (κ1) is 17.1. The zero-order valence-electron chi connectivity index (χ0n) is 14.6. The number of aliphatic carboxylic acids is 1. The summed E-state index contributed by atoms with van der Waals surface area (Å²) in [5, 5.41) is 9.52. The van der Waals surface area contributed by atoms with Gasteiger partial charge >= 0.3 is 5.97 Å². The minimum absolute atomic E-state index is 0.0796. The number of carbonyl (C=O) groups excluding carboxylic acids is 1. The fraction of sp³-hybridized carbons (Fsp3) is 0.400. The number of methoxy groups -OCH3 is 1. The summed E-state index contributed by atoms with van der Waals surface area (Å²) < 4.78 is 5.44. The van der Waals surface area contributed by atoms with Crippen LogP contribution in [0.5, 0.6) is 5.75 Å². The highest BCUT2D eigenvalue weighted by molar-refractivity contribution is 7.17. The lowest BCUT2D eigenvalue weighted by Crippen LogP contribution is -2.29. The molecular formula is C20H21NO4S. The summed E-state index contributed by atoms with van der Waals surface area (Å²) in [7, 11) is 1.56. The molecule has 1 aromatic heterocycles.